The van der Waals surface area contributed by atoms with Gasteiger partial charge in [0.25, 0.3) is 0 Å². The van der Waals surface area contributed by atoms with Crippen LogP contribution in [-0.2, 0) is 16.8 Å². The number of aryl methyl sites for hydroxylation is 2. The first-order valence-corrected chi connectivity index (χ1v) is 8.31. The second-order valence-corrected chi connectivity index (χ2v) is 6.87. The van der Waals surface area contributed by atoms with Crippen LogP contribution in [-0.4, -0.2) is 23.8 Å². The number of aliphatic imine (C=N–C) groups is 1. The lowest BCUT2D eigenvalue weighted by Crippen LogP contribution is -2.47. The number of hydrogen-bond acceptors (Lipinski definition) is 3. The predicted octanol–water partition coefficient (Wildman–Crippen LogP) is 2.98. The number of guanidine groups is 1. The van der Waals surface area contributed by atoms with Gasteiger partial charge in [-0.3, -0.25) is 9.69 Å². The Kier molecular flexibility index (Phi) is 3.23. The zero-order valence-corrected chi connectivity index (χ0v) is 14.0. The van der Waals surface area contributed by atoms with Crippen LogP contribution in [0.25, 0.3) is 11.1 Å². The summed E-state index contributed by atoms with van der Waals surface area (Å²) in [5.74, 6) is 0.358. The van der Waals surface area contributed by atoms with Crippen LogP contribution < -0.4 is 5.73 Å². The standard InChI is InChI=1S/C20H21N3O/c1-13-4-3-5-15(10-13)16-7-6-14-8-9-20(17(14)11-16)12-18(24)23(2)19(21)22-20/h3-7,10-11H,8-9,12H2,1-2H3,(H2,21,22)/t20-/m0/s1. The molecule has 0 unspecified atom stereocenters. The number of benzene rings is 2. The second kappa shape index (κ2) is 5.20. The van der Waals surface area contributed by atoms with Crippen molar-refractivity contribution in [3.8, 4) is 11.1 Å². The number of carbonyl (C=O) groups excluding carboxylic acids is 1. The highest BCUT2D eigenvalue weighted by Crippen LogP contribution is 2.46. The molecule has 1 aliphatic carbocycles. The smallest absolute Gasteiger partial charge is 0.231 e. The largest absolute Gasteiger partial charge is 0.369 e. The van der Waals surface area contributed by atoms with Crippen molar-refractivity contribution in [2.75, 3.05) is 7.05 Å². The number of hydrogen-bond donors (Lipinski definition) is 1. The van der Waals surface area contributed by atoms with Crippen LogP contribution in [0.2, 0.25) is 0 Å². The first-order valence-electron chi connectivity index (χ1n) is 8.31. The molecule has 0 bridgehead atoms. The van der Waals surface area contributed by atoms with Gasteiger partial charge in [-0.15, -0.1) is 0 Å². The Morgan fingerprint density at radius 3 is 2.71 bits per heavy atom. The van der Waals surface area contributed by atoms with Gasteiger partial charge in [-0.2, -0.15) is 0 Å². The third-order valence-electron chi connectivity index (χ3n) is 5.26. The summed E-state index contributed by atoms with van der Waals surface area (Å²) in [6.07, 6.45) is 2.19. The van der Waals surface area contributed by atoms with Crippen molar-refractivity contribution in [3.05, 3.63) is 59.2 Å². The van der Waals surface area contributed by atoms with Gasteiger partial charge in [-0.05, 0) is 48.1 Å². The molecule has 0 fully saturated rings. The number of fused-ring (bicyclic) bond motifs is 2. The van der Waals surface area contributed by atoms with Crippen LogP contribution in [0.1, 0.15) is 29.5 Å². The summed E-state index contributed by atoms with van der Waals surface area (Å²) in [4.78, 5) is 18.5. The molecular formula is C20H21N3O. The van der Waals surface area contributed by atoms with E-state index in [0.29, 0.717) is 12.4 Å². The fourth-order valence-electron chi connectivity index (χ4n) is 3.84. The van der Waals surface area contributed by atoms with Gasteiger partial charge in [0, 0.05) is 7.05 Å². The maximum Gasteiger partial charge on any atom is 0.231 e. The number of rotatable bonds is 1. The molecule has 0 saturated heterocycles. The molecule has 2 aliphatic rings. The van der Waals surface area contributed by atoms with E-state index in [4.69, 9.17) is 10.7 Å². The summed E-state index contributed by atoms with van der Waals surface area (Å²) >= 11 is 0. The quantitative estimate of drug-likeness (QED) is 0.878. The molecule has 0 aromatic heterocycles. The minimum Gasteiger partial charge on any atom is -0.369 e. The zero-order chi connectivity index (χ0) is 16.9. The Labute approximate surface area is 142 Å². The lowest BCUT2D eigenvalue weighted by Gasteiger charge is -2.34. The summed E-state index contributed by atoms with van der Waals surface area (Å²) < 4.78 is 0. The van der Waals surface area contributed by atoms with E-state index < -0.39 is 5.54 Å². The van der Waals surface area contributed by atoms with Crippen molar-refractivity contribution in [2.45, 2.75) is 31.7 Å². The molecular weight excluding hydrogens is 298 g/mol. The first-order chi connectivity index (χ1) is 11.5. The molecule has 0 radical (unpaired) electrons. The molecule has 4 heteroatoms. The summed E-state index contributed by atoms with van der Waals surface area (Å²) in [5, 5.41) is 0. The first kappa shape index (κ1) is 14.9. The minimum absolute atomic E-state index is 0.0382. The number of carbonyl (C=O) groups is 1. The molecule has 1 spiro atoms. The Bertz CT molecular complexity index is 871. The van der Waals surface area contributed by atoms with Crippen LogP contribution in [0.5, 0.6) is 0 Å². The van der Waals surface area contributed by atoms with Crippen LogP contribution in [0.3, 0.4) is 0 Å². The average molecular weight is 319 g/mol. The number of amides is 1. The maximum atomic E-state index is 12.3. The third kappa shape index (κ3) is 2.21. The van der Waals surface area contributed by atoms with Gasteiger partial charge in [0.15, 0.2) is 5.96 Å². The van der Waals surface area contributed by atoms with Gasteiger partial charge in [0.1, 0.15) is 0 Å². The molecule has 0 saturated carbocycles. The van der Waals surface area contributed by atoms with Gasteiger partial charge < -0.3 is 5.73 Å². The van der Waals surface area contributed by atoms with Crippen molar-refractivity contribution in [2.24, 2.45) is 10.7 Å². The van der Waals surface area contributed by atoms with Crippen molar-refractivity contribution >= 4 is 11.9 Å². The van der Waals surface area contributed by atoms with Crippen LogP contribution in [0.4, 0.5) is 0 Å². The van der Waals surface area contributed by atoms with Gasteiger partial charge in [0.05, 0.1) is 12.0 Å². The van der Waals surface area contributed by atoms with Crippen molar-refractivity contribution < 1.29 is 4.79 Å². The van der Waals surface area contributed by atoms with Crippen LogP contribution in [0, 0.1) is 6.92 Å². The van der Waals surface area contributed by atoms with Crippen molar-refractivity contribution in [3.63, 3.8) is 0 Å². The molecule has 122 valence electrons. The van der Waals surface area contributed by atoms with Crippen molar-refractivity contribution in [1.29, 1.82) is 0 Å². The van der Waals surface area contributed by atoms with E-state index in [9.17, 15) is 4.79 Å². The molecule has 1 atom stereocenters. The molecule has 4 rings (SSSR count). The number of nitrogens with two attached hydrogens (primary N) is 1. The van der Waals surface area contributed by atoms with Crippen LogP contribution >= 0.6 is 0 Å². The van der Waals surface area contributed by atoms with E-state index in [1.165, 1.54) is 27.2 Å². The fraction of sp³-hybridized carbons (Fsp3) is 0.300. The Balaban J connectivity index is 1.84. The normalized spacial score (nSPS) is 22.7. The molecule has 4 nitrogen and oxygen atoms in total. The van der Waals surface area contributed by atoms with Crippen molar-refractivity contribution in [1.82, 2.24) is 4.90 Å². The van der Waals surface area contributed by atoms with E-state index >= 15 is 0 Å². The minimum atomic E-state index is -0.483. The molecule has 2 aromatic carbocycles. The van der Waals surface area contributed by atoms with E-state index in [-0.39, 0.29) is 5.91 Å². The summed E-state index contributed by atoms with van der Waals surface area (Å²) in [6.45, 7) is 2.10. The molecule has 2 aromatic rings. The average Bonchev–Trinajstić information content (AvgIpc) is 2.90. The highest BCUT2D eigenvalue weighted by atomic mass is 16.2. The lowest BCUT2D eigenvalue weighted by molar-refractivity contribution is -0.128. The topological polar surface area (TPSA) is 58.7 Å². The molecule has 1 amide bonds. The summed E-state index contributed by atoms with van der Waals surface area (Å²) in [6, 6.07) is 15.0. The molecule has 24 heavy (non-hydrogen) atoms. The SMILES string of the molecule is Cc1cccc(-c2ccc3c(c2)[C@]2(CC3)CC(=O)N(C)C(N)=N2)c1. The Hall–Kier alpha value is -2.62. The summed E-state index contributed by atoms with van der Waals surface area (Å²) in [5.41, 5.74) is 11.5. The van der Waals surface area contributed by atoms with E-state index in [1.54, 1.807) is 7.05 Å². The van der Waals surface area contributed by atoms with E-state index in [2.05, 4.69) is 49.4 Å². The monoisotopic (exact) mass is 319 g/mol. The van der Waals surface area contributed by atoms with E-state index in [1.807, 2.05) is 0 Å². The van der Waals surface area contributed by atoms with Gasteiger partial charge in [0.2, 0.25) is 5.91 Å². The lowest BCUT2D eigenvalue weighted by atomic mass is 9.85. The summed E-state index contributed by atoms with van der Waals surface area (Å²) in [7, 11) is 1.69. The van der Waals surface area contributed by atoms with Gasteiger partial charge in [-0.25, -0.2) is 4.99 Å². The third-order valence-corrected chi connectivity index (χ3v) is 5.26. The highest BCUT2D eigenvalue weighted by Gasteiger charge is 2.44. The zero-order valence-electron chi connectivity index (χ0n) is 14.0. The number of nitrogens with zero attached hydrogens (tertiary/aromatic N) is 2. The maximum absolute atomic E-state index is 12.3. The Morgan fingerprint density at radius 1 is 1.17 bits per heavy atom. The van der Waals surface area contributed by atoms with E-state index in [0.717, 1.165) is 18.4 Å². The second-order valence-electron chi connectivity index (χ2n) is 6.87. The molecule has 1 aliphatic heterocycles. The van der Waals surface area contributed by atoms with Crippen LogP contribution in [0.15, 0.2) is 47.5 Å². The van der Waals surface area contributed by atoms with Gasteiger partial charge in [-0.1, -0.05) is 42.0 Å². The molecule has 1 heterocycles. The molecule has 2 N–H and O–H groups in total. The Morgan fingerprint density at radius 2 is 1.96 bits per heavy atom. The predicted molar refractivity (Wildman–Crippen MR) is 95.6 cm³/mol. The van der Waals surface area contributed by atoms with Gasteiger partial charge >= 0.3 is 0 Å². The fourth-order valence-corrected chi connectivity index (χ4v) is 3.84. The highest BCUT2D eigenvalue weighted by molar-refractivity contribution is 5.99.